The van der Waals surface area contributed by atoms with Gasteiger partial charge in [-0.15, -0.1) is 11.3 Å². The number of esters is 1. The average molecular weight is 426 g/mol. The van der Waals surface area contributed by atoms with Crippen molar-refractivity contribution in [1.82, 2.24) is 5.27 Å². The van der Waals surface area contributed by atoms with Crippen molar-refractivity contribution in [2.75, 3.05) is 17.7 Å². The molecule has 0 radical (unpaired) electrons. The fraction of sp³-hybridized carbons (Fsp3) is 0.556. The highest BCUT2D eigenvalue weighted by Crippen LogP contribution is 2.40. The van der Waals surface area contributed by atoms with Crippen LogP contribution in [-0.2, 0) is 29.4 Å². The van der Waals surface area contributed by atoms with Crippen molar-refractivity contribution in [2.24, 2.45) is 13.0 Å². The first-order valence-electron chi connectivity index (χ1n) is 9.18. The maximum absolute atomic E-state index is 12.5. The van der Waals surface area contributed by atoms with Crippen molar-refractivity contribution in [3.05, 3.63) is 16.0 Å². The third kappa shape index (κ3) is 4.49. The molecular formula is C18H23N3O5S2. The molecule has 0 aliphatic heterocycles. The van der Waals surface area contributed by atoms with E-state index in [4.69, 9.17) is 4.74 Å². The van der Waals surface area contributed by atoms with Gasteiger partial charge in [-0.05, 0) is 37.7 Å². The van der Waals surface area contributed by atoms with Gasteiger partial charge >= 0.3 is 5.97 Å². The molecule has 0 aromatic carbocycles. The van der Waals surface area contributed by atoms with Crippen LogP contribution in [0.25, 0.3) is 0 Å². The van der Waals surface area contributed by atoms with Gasteiger partial charge in [0.1, 0.15) is 5.00 Å². The van der Waals surface area contributed by atoms with Crippen molar-refractivity contribution in [1.29, 1.82) is 0 Å². The molecule has 1 aliphatic rings. The molecule has 3 rings (SSSR count). The molecule has 28 heavy (non-hydrogen) atoms. The predicted molar refractivity (Wildman–Crippen MR) is 103 cm³/mol. The van der Waals surface area contributed by atoms with Gasteiger partial charge in [0.05, 0.1) is 17.4 Å². The van der Waals surface area contributed by atoms with Crippen molar-refractivity contribution in [3.8, 4) is 5.95 Å². The molecule has 2 heterocycles. The second-order valence-corrected chi connectivity index (χ2v) is 8.90. The van der Waals surface area contributed by atoms with E-state index in [2.05, 4.69) is 22.0 Å². The van der Waals surface area contributed by atoms with Gasteiger partial charge in [-0.1, -0.05) is 23.4 Å². The largest absolute Gasteiger partial charge is 0.538 e. The number of anilines is 1. The Bertz CT molecular complexity index is 857. The Balaban J connectivity index is 1.68. The highest BCUT2D eigenvalue weighted by Gasteiger charge is 2.29. The number of fused-ring (bicyclic) bond motifs is 1. The molecule has 0 bridgehead atoms. The predicted octanol–water partition coefficient (Wildman–Crippen LogP) is 2.06. The van der Waals surface area contributed by atoms with Crippen LogP contribution in [0.3, 0.4) is 0 Å². The Morgan fingerprint density at radius 1 is 1.50 bits per heavy atom. The number of carbonyl (C=O) groups is 2. The Labute approximate surface area is 171 Å². The number of nitrogens with one attached hydrogen (secondary N) is 1. The standard InChI is InChI=1S/C18H23N3O5S2/c1-4-25-17(23)14-11-6-5-10(2)9-12(11)28-15(14)19-13(22)7-8-27-16-18(24)26-20-21(16)3/h10H,4-9H2,1-3H3,(H-,19,20,22,23,24). The van der Waals surface area contributed by atoms with Crippen molar-refractivity contribution >= 4 is 40.0 Å². The monoisotopic (exact) mass is 425 g/mol. The molecule has 1 unspecified atom stereocenters. The van der Waals surface area contributed by atoms with Crippen molar-refractivity contribution < 1.29 is 28.6 Å². The van der Waals surface area contributed by atoms with E-state index in [9.17, 15) is 14.7 Å². The molecule has 8 nitrogen and oxygen atoms in total. The molecule has 1 atom stereocenters. The Morgan fingerprint density at radius 3 is 2.96 bits per heavy atom. The molecule has 1 N–H and O–H groups in total. The van der Waals surface area contributed by atoms with Gasteiger partial charge in [-0.2, -0.15) is 0 Å². The number of aromatic nitrogens is 2. The summed E-state index contributed by atoms with van der Waals surface area (Å²) in [5, 5.41) is 18.8. The van der Waals surface area contributed by atoms with E-state index in [1.54, 1.807) is 14.0 Å². The maximum atomic E-state index is 12.5. The Hall–Kier alpha value is -2.07. The lowest BCUT2D eigenvalue weighted by atomic mass is 9.88. The van der Waals surface area contributed by atoms with Gasteiger partial charge in [-0.25, -0.2) is 4.79 Å². The summed E-state index contributed by atoms with van der Waals surface area (Å²) in [7, 11) is 1.61. The first-order valence-corrected chi connectivity index (χ1v) is 11.0. The summed E-state index contributed by atoms with van der Waals surface area (Å²) in [4.78, 5) is 26.1. The van der Waals surface area contributed by atoms with E-state index in [0.717, 1.165) is 29.7 Å². The minimum absolute atomic E-state index is 0.191. The second kappa shape index (κ2) is 8.95. The van der Waals surface area contributed by atoms with Gasteiger partial charge in [0, 0.05) is 17.1 Å². The summed E-state index contributed by atoms with van der Waals surface area (Å²) in [5.41, 5.74) is 1.51. The third-order valence-corrected chi connectivity index (χ3v) is 6.81. The lowest BCUT2D eigenvalue weighted by Crippen LogP contribution is -2.32. The minimum atomic E-state index is -0.516. The maximum Gasteiger partial charge on any atom is 0.341 e. The smallest absolute Gasteiger partial charge is 0.341 e. The van der Waals surface area contributed by atoms with Crippen LogP contribution in [0, 0.1) is 5.92 Å². The van der Waals surface area contributed by atoms with E-state index in [-0.39, 0.29) is 24.9 Å². The number of hydrogen-bond donors (Lipinski definition) is 1. The molecule has 2 aromatic heterocycles. The van der Waals surface area contributed by atoms with Crippen molar-refractivity contribution in [3.63, 3.8) is 0 Å². The highest BCUT2D eigenvalue weighted by molar-refractivity contribution is 7.99. The molecule has 1 aliphatic carbocycles. The van der Waals surface area contributed by atoms with Crippen LogP contribution < -0.4 is 15.1 Å². The normalized spacial score (nSPS) is 15.9. The molecule has 152 valence electrons. The van der Waals surface area contributed by atoms with E-state index >= 15 is 0 Å². The van der Waals surface area contributed by atoms with Gasteiger partial charge in [0.25, 0.3) is 5.03 Å². The zero-order chi connectivity index (χ0) is 20.3. The third-order valence-electron chi connectivity index (χ3n) is 4.53. The highest BCUT2D eigenvalue weighted by atomic mass is 32.2. The quantitative estimate of drug-likeness (QED) is 0.411. The number of nitrogens with zero attached hydrogens (tertiary/aromatic N) is 2. The number of ether oxygens (including phenoxy) is 1. The lowest BCUT2D eigenvalue weighted by molar-refractivity contribution is -0.772. The molecule has 0 spiro atoms. The van der Waals surface area contributed by atoms with Gasteiger partial charge in [0.15, 0.2) is 13.0 Å². The molecule has 1 amide bonds. The van der Waals surface area contributed by atoms with Crippen LogP contribution in [0.2, 0.25) is 0 Å². The number of amides is 1. The zero-order valence-electron chi connectivity index (χ0n) is 16.1. The summed E-state index contributed by atoms with van der Waals surface area (Å²) in [6, 6.07) is 0. The van der Waals surface area contributed by atoms with Crippen LogP contribution in [0.5, 0.6) is 5.95 Å². The molecule has 0 saturated heterocycles. The number of aryl methyl sites for hydroxylation is 1. The first kappa shape index (κ1) is 20.7. The topological polar surface area (TPSA) is 108 Å². The number of carbonyl (C=O) groups excluding carboxylic acids is 2. The number of rotatable bonds is 7. The first-order chi connectivity index (χ1) is 13.4. The van der Waals surface area contributed by atoms with Crippen LogP contribution >= 0.6 is 23.1 Å². The van der Waals surface area contributed by atoms with Crippen LogP contribution in [0.15, 0.2) is 9.55 Å². The lowest BCUT2D eigenvalue weighted by Gasteiger charge is -2.18. The molecule has 0 saturated carbocycles. The van der Waals surface area contributed by atoms with Crippen LogP contribution in [-0.4, -0.2) is 29.5 Å². The molecule has 10 heteroatoms. The van der Waals surface area contributed by atoms with Gasteiger partial charge in [0.2, 0.25) is 5.91 Å². The van der Waals surface area contributed by atoms with Crippen LogP contribution in [0.1, 0.15) is 47.5 Å². The van der Waals surface area contributed by atoms with E-state index in [0.29, 0.717) is 27.3 Å². The summed E-state index contributed by atoms with van der Waals surface area (Å²) >= 11 is 2.68. The summed E-state index contributed by atoms with van der Waals surface area (Å²) in [6.45, 7) is 4.25. The number of hydrogen-bond acceptors (Lipinski definition) is 8. The van der Waals surface area contributed by atoms with E-state index in [1.807, 2.05) is 0 Å². The van der Waals surface area contributed by atoms with Gasteiger partial charge in [-0.3, -0.25) is 4.79 Å². The Kier molecular flexibility index (Phi) is 6.61. The Morgan fingerprint density at radius 2 is 2.29 bits per heavy atom. The SMILES string of the molecule is CCOC(=O)c1c(NC(=O)CCSc2c([O-])on[n+]2C)sc2c1CCC(C)C2. The summed E-state index contributed by atoms with van der Waals surface area (Å²) < 4.78 is 11.1. The number of thioether (sulfide) groups is 1. The average Bonchev–Trinajstić information content (AvgIpc) is 3.15. The second-order valence-electron chi connectivity index (χ2n) is 6.71. The summed E-state index contributed by atoms with van der Waals surface area (Å²) in [6.07, 6.45) is 2.95. The van der Waals surface area contributed by atoms with Crippen LogP contribution in [0.4, 0.5) is 5.00 Å². The zero-order valence-corrected chi connectivity index (χ0v) is 17.7. The molecular weight excluding hydrogens is 402 g/mol. The molecule has 2 aromatic rings. The molecule has 0 fully saturated rings. The fourth-order valence-corrected chi connectivity index (χ4v) is 5.42. The summed E-state index contributed by atoms with van der Waals surface area (Å²) in [5.74, 6) is -0.153. The number of thiophene rings is 1. The van der Waals surface area contributed by atoms with Crippen molar-refractivity contribution in [2.45, 2.75) is 44.6 Å². The fourth-order valence-electron chi connectivity index (χ4n) is 3.15. The van der Waals surface area contributed by atoms with E-state index in [1.165, 1.54) is 27.8 Å². The van der Waals surface area contributed by atoms with E-state index < -0.39 is 5.95 Å². The minimum Gasteiger partial charge on any atom is -0.538 e. The van der Waals surface area contributed by atoms with Gasteiger partial charge < -0.3 is 19.7 Å².